The van der Waals surface area contributed by atoms with Crippen LogP contribution in [0.15, 0.2) is 42.5 Å². The van der Waals surface area contributed by atoms with Crippen LogP contribution < -0.4 is 14.4 Å². The first-order chi connectivity index (χ1) is 12.1. The number of rotatable bonds is 6. The molecule has 0 heterocycles. The molecule has 0 aromatic heterocycles. The lowest BCUT2D eigenvalue weighted by Gasteiger charge is -2.29. The fourth-order valence-electron chi connectivity index (χ4n) is 2.52. The lowest BCUT2D eigenvalue weighted by Crippen LogP contribution is -2.45. The van der Waals surface area contributed by atoms with Crippen LogP contribution in [0.2, 0.25) is 5.02 Å². The zero-order valence-electron chi connectivity index (χ0n) is 15.0. The summed E-state index contributed by atoms with van der Waals surface area (Å²) in [5.74, 6) is 0.198. The summed E-state index contributed by atoms with van der Waals surface area (Å²) in [5.41, 5.74) is 1.61. The van der Waals surface area contributed by atoms with Gasteiger partial charge in [-0.05, 0) is 55.8 Å². The number of anilines is 2. The normalized spacial score (nSPS) is 12.3. The third-order valence-corrected chi connectivity index (χ3v) is 5.32. The van der Waals surface area contributed by atoms with Crippen LogP contribution in [-0.4, -0.2) is 33.7 Å². The number of methoxy groups -OCH3 is 1. The molecule has 1 N–H and O–H groups in total. The summed E-state index contributed by atoms with van der Waals surface area (Å²) in [7, 11) is -2.16. The lowest BCUT2D eigenvalue weighted by molar-refractivity contribution is -0.116. The van der Waals surface area contributed by atoms with E-state index in [1.807, 2.05) is 0 Å². The number of carbonyl (C=O) groups excluding carboxylic acids is 1. The van der Waals surface area contributed by atoms with Crippen molar-refractivity contribution in [1.82, 2.24) is 0 Å². The van der Waals surface area contributed by atoms with Gasteiger partial charge in [-0.3, -0.25) is 9.10 Å². The topological polar surface area (TPSA) is 75.7 Å². The van der Waals surface area contributed by atoms with E-state index in [2.05, 4.69) is 5.32 Å². The maximum absolute atomic E-state index is 12.6. The molecular formula is C18H21ClN2O4S. The number of hydrogen-bond acceptors (Lipinski definition) is 4. The van der Waals surface area contributed by atoms with Crippen molar-refractivity contribution in [3.63, 3.8) is 0 Å². The van der Waals surface area contributed by atoms with Crippen molar-refractivity contribution >= 4 is 38.9 Å². The largest absolute Gasteiger partial charge is 0.497 e. The fraction of sp³-hybridized carbons (Fsp3) is 0.278. The summed E-state index contributed by atoms with van der Waals surface area (Å²) in [6.45, 7) is 3.29. The molecule has 0 aliphatic rings. The van der Waals surface area contributed by atoms with Crippen LogP contribution >= 0.6 is 11.6 Å². The molecule has 8 heteroatoms. The highest BCUT2D eigenvalue weighted by atomic mass is 35.5. The summed E-state index contributed by atoms with van der Waals surface area (Å²) < 4.78 is 30.9. The van der Waals surface area contributed by atoms with E-state index in [0.717, 1.165) is 10.6 Å². The first-order valence-corrected chi connectivity index (χ1v) is 10.1. The second kappa shape index (κ2) is 7.97. The van der Waals surface area contributed by atoms with Crippen LogP contribution in [0.4, 0.5) is 11.4 Å². The minimum atomic E-state index is -3.71. The molecule has 0 saturated heterocycles. The Morgan fingerprint density at radius 1 is 1.19 bits per heavy atom. The summed E-state index contributed by atoms with van der Waals surface area (Å²) >= 11 is 6.02. The van der Waals surface area contributed by atoms with Gasteiger partial charge >= 0.3 is 0 Å². The number of carbonyl (C=O) groups is 1. The lowest BCUT2D eigenvalue weighted by atomic mass is 10.1. The number of hydrogen-bond donors (Lipinski definition) is 1. The number of ether oxygens (including phenoxy) is 1. The van der Waals surface area contributed by atoms with E-state index >= 15 is 0 Å². The molecular weight excluding hydrogens is 376 g/mol. The number of nitrogens with one attached hydrogen (secondary N) is 1. The molecule has 0 aliphatic heterocycles. The Labute approximate surface area is 158 Å². The zero-order chi connectivity index (χ0) is 19.5. The van der Waals surface area contributed by atoms with Gasteiger partial charge in [-0.15, -0.1) is 0 Å². The van der Waals surface area contributed by atoms with Gasteiger partial charge in [0.1, 0.15) is 11.8 Å². The summed E-state index contributed by atoms with van der Waals surface area (Å²) in [6, 6.07) is 10.7. The highest BCUT2D eigenvalue weighted by Crippen LogP contribution is 2.28. The molecule has 0 saturated carbocycles. The van der Waals surface area contributed by atoms with E-state index in [-0.39, 0.29) is 0 Å². The van der Waals surface area contributed by atoms with Crippen LogP contribution in [0.5, 0.6) is 5.75 Å². The summed E-state index contributed by atoms with van der Waals surface area (Å²) in [5, 5.41) is 3.11. The minimum absolute atomic E-state index is 0.373. The summed E-state index contributed by atoms with van der Waals surface area (Å²) in [4.78, 5) is 12.6. The third-order valence-electron chi connectivity index (χ3n) is 3.85. The molecule has 0 bridgehead atoms. The number of amides is 1. The number of halogens is 1. The van der Waals surface area contributed by atoms with Gasteiger partial charge in [0.05, 0.1) is 19.1 Å². The van der Waals surface area contributed by atoms with Crippen molar-refractivity contribution in [3.05, 3.63) is 53.1 Å². The van der Waals surface area contributed by atoms with Crippen molar-refractivity contribution in [3.8, 4) is 5.75 Å². The fourth-order valence-corrected chi connectivity index (χ4v) is 3.91. The first kappa shape index (κ1) is 20.1. The van der Waals surface area contributed by atoms with Crippen LogP contribution in [0.25, 0.3) is 0 Å². The van der Waals surface area contributed by atoms with Gasteiger partial charge in [0.2, 0.25) is 15.9 Å². The second-order valence-electron chi connectivity index (χ2n) is 5.88. The van der Waals surface area contributed by atoms with Crippen molar-refractivity contribution in [2.24, 2.45) is 0 Å². The Hall–Kier alpha value is -2.25. The van der Waals surface area contributed by atoms with Gasteiger partial charge in [0.25, 0.3) is 0 Å². The maximum Gasteiger partial charge on any atom is 0.247 e. The molecule has 1 amide bonds. The molecule has 0 radical (unpaired) electrons. The monoisotopic (exact) mass is 396 g/mol. The molecule has 26 heavy (non-hydrogen) atoms. The molecule has 2 aromatic rings. The van der Waals surface area contributed by atoms with E-state index < -0.39 is 22.0 Å². The molecule has 2 rings (SSSR count). The molecule has 6 nitrogen and oxygen atoms in total. The predicted molar refractivity (Wildman–Crippen MR) is 105 cm³/mol. The van der Waals surface area contributed by atoms with Gasteiger partial charge in [0, 0.05) is 10.7 Å². The Bertz CT molecular complexity index is 898. The number of benzene rings is 2. The average Bonchev–Trinajstić information content (AvgIpc) is 2.57. The number of aryl methyl sites for hydroxylation is 1. The Morgan fingerprint density at radius 2 is 1.81 bits per heavy atom. The van der Waals surface area contributed by atoms with Crippen molar-refractivity contribution in [1.29, 1.82) is 0 Å². The van der Waals surface area contributed by atoms with Crippen LogP contribution in [-0.2, 0) is 14.8 Å². The molecule has 2 aromatic carbocycles. The smallest absolute Gasteiger partial charge is 0.247 e. The standard InChI is InChI=1S/C18H21ClN2O4S/c1-12-5-6-14(19)11-17(12)21(26(4,23)24)13(2)18(22)20-15-7-9-16(25-3)10-8-15/h5-11,13H,1-4H3,(H,20,22)/t13-/m1/s1. The molecule has 0 fully saturated rings. The van der Waals surface area contributed by atoms with Gasteiger partial charge in [-0.1, -0.05) is 17.7 Å². The maximum atomic E-state index is 12.6. The van der Waals surface area contributed by atoms with Gasteiger partial charge in [-0.25, -0.2) is 8.42 Å². The Morgan fingerprint density at radius 3 is 2.35 bits per heavy atom. The van der Waals surface area contributed by atoms with E-state index in [9.17, 15) is 13.2 Å². The van der Waals surface area contributed by atoms with E-state index in [1.165, 1.54) is 13.0 Å². The number of sulfonamides is 1. The third kappa shape index (κ3) is 4.68. The Kier molecular flexibility index (Phi) is 6.15. The molecule has 0 aliphatic carbocycles. The van der Waals surface area contributed by atoms with Gasteiger partial charge in [0.15, 0.2) is 0 Å². The summed E-state index contributed by atoms with van der Waals surface area (Å²) in [6.07, 6.45) is 1.06. The molecule has 140 valence electrons. The number of nitrogens with zero attached hydrogens (tertiary/aromatic N) is 1. The first-order valence-electron chi connectivity index (χ1n) is 7.84. The van der Waals surface area contributed by atoms with Crippen molar-refractivity contribution in [2.75, 3.05) is 23.0 Å². The van der Waals surface area contributed by atoms with Crippen molar-refractivity contribution < 1.29 is 17.9 Å². The highest BCUT2D eigenvalue weighted by Gasteiger charge is 2.30. The van der Waals surface area contributed by atoms with E-state index in [1.54, 1.807) is 50.4 Å². The van der Waals surface area contributed by atoms with Crippen LogP contribution in [0.3, 0.4) is 0 Å². The van der Waals surface area contributed by atoms with Crippen LogP contribution in [0.1, 0.15) is 12.5 Å². The zero-order valence-corrected chi connectivity index (χ0v) is 16.6. The Balaban J connectivity index is 2.32. The quantitative estimate of drug-likeness (QED) is 0.811. The average molecular weight is 397 g/mol. The molecule has 1 atom stereocenters. The predicted octanol–water partition coefficient (Wildman–Crippen LogP) is 3.45. The van der Waals surface area contributed by atoms with Crippen LogP contribution in [0, 0.1) is 6.92 Å². The van der Waals surface area contributed by atoms with Gasteiger partial charge in [-0.2, -0.15) is 0 Å². The van der Waals surface area contributed by atoms with Crippen molar-refractivity contribution in [2.45, 2.75) is 19.9 Å². The highest BCUT2D eigenvalue weighted by molar-refractivity contribution is 7.92. The molecule has 0 unspecified atom stereocenters. The second-order valence-corrected chi connectivity index (χ2v) is 8.18. The van der Waals surface area contributed by atoms with Gasteiger partial charge < -0.3 is 10.1 Å². The molecule has 0 spiro atoms. The van der Waals surface area contributed by atoms with E-state index in [0.29, 0.717) is 27.7 Å². The minimum Gasteiger partial charge on any atom is -0.497 e. The SMILES string of the molecule is COc1ccc(NC(=O)[C@@H](C)N(c2cc(Cl)ccc2C)S(C)(=O)=O)cc1. The van der Waals surface area contributed by atoms with E-state index in [4.69, 9.17) is 16.3 Å².